The van der Waals surface area contributed by atoms with Gasteiger partial charge in [-0.15, -0.1) is 0 Å². The first-order valence-electron chi connectivity index (χ1n) is 6.69. The average Bonchev–Trinajstić information content (AvgIpc) is 2.28. The number of Topliss-reactive ketones (excluding diaryl/α,β-unsaturated/α-hetero) is 1. The maximum Gasteiger partial charge on any atom is 0.162 e. The molecule has 0 N–H and O–H groups in total. The third-order valence-electron chi connectivity index (χ3n) is 3.78. The van der Waals surface area contributed by atoms with E-state index in [2.05, 4.69) is 13.8 Å². The second kappa shape index (κ2) is 5.03. The van der Waals surface area contributed by atoms with Gasteiger partial charge in [-0.05, 0) is 31.6 Å². The number of hydrogen-bond acceptors (Lipinski definition) is 2. The number of ether oxygens (including phenoxy) is 1. The van der Waals surface area contributed by atoms with Crippen LogP contribution in [0.15, 0.2) is 11.3 Å². The van der Waals surface area contributed by atoms with Crippen LogP contribution in [0.3, 0.4) is 0 Å². The number of carbonyl (C=O) groups is 1. The highest BCUT2D eigenvalue weighted by atomic mass is 16.5. The van der Waals surface area contributed by atoms with Crippen molar-refractivity contribution in [3.05, 3.63) is 11.3 Å². The molecular weight excluding hydrogens is 200 g/mol. The van der Waals surface area contributed by atoms with E-state index >= 15 is 0 Å². The summed E-state index contributed by atoms with van der Waals surface area (Å²) in [6.07, 6.45) is 7.48. The van der Waals surface area contributed by atoms with Crippen molar-refractivity contribution in [3.8, 4) is 0 Å². The van der Waals surface area contributed by atoms with Crippen molar-refractivity contribution in [1.82, 2.24) is 0 Å². The predicted molar refractivity (Wildman–Crippen MR) is 64.1 cm³/mol. The van der Waals surface area contributed by atoms with Crippen LogP contribution in [0, 0.1) is 5.92 Å². The van der Waals surface area contributed by atoms with Crippen molar-refractivity contribution in [2.75, 3.05) is 0 Å². The molecule has 2 aliphatic rings. The second-order valence-corrected chi connectivity index (χ2v) is 4.98. The maximum absolute atomic E-state index is 11.9. The first-order chi connectivity index (χ1) is 7.76. The fraction of sp³-hybridized carbons (Fsp3) is 0.786. The van der Waals surface area contributed by atoms with Crippen molar-refractivity contribution < 1.29 is 9.53 Å². The molecule has 0 amide bonds. The van der Waals surface area contributed by atoms with E-state index in [-0.39, 0.29) is 0 Å². The second-order valence-electron chi connectivity index (χ2n) is 4.98. The summed E-state index contributed by atoms with van der Waals surface area (Å²) in [7, 11) is 0. The molecule has 0 saturated heterocycles. The zero-order valence-electron chi connectivity index (χ0n) is 10.4. The molecule has 2 nitrogen and oxygen atoms in total. The first-order valence-corrected chi connectivity index (χ1v) is 6.69. The fourth-order valence-corrected chi connectivity index (χ4v) is 2.97. The van der Waals surface area contributed by atoms with Crippen LogP contribution in [-0.2, 0) is 9.53 Å². The Morgan fingerprint density at radius 3 is 2.81 bits per heavy atom. The van der Waals surface area contributed by atoms with Crippen molar-refractivity contribution in [2.24, 2.45) is 5.92 Å². The molecule has 0 aromatic carbocycles. The first kappa shape index (κ1) is 11.7. The van der Waals surface area contributed by atoms with E-state index < -0.39 is 0 Å². The summed E-state index contributed by atoms with van der Waals surface area (Å²) in [5.74, 6) is 1.85. The minimum atomic E-state index is 0.350. The van der Waals surface area contributed by atoms with E-state index in [0.717, 1.165) is 56.3 Å². The van der Waals surface area contributed by atoms with Gasteiger partial charge in [0.15, 0.2) is 5.78 Å². The van der Waals surface area contributed by atoms with Gasteiger partial charge in [0.1, 0.15) is 5.76 Å². The fourth-order valence-electron chi connectivity index (χ4n) is 2.97. The van der Waals surface area contributed by atoms with Crippen molar-refractivity contribution in [1.29, 1.82) is 0 Å². The Balaban J connectivity index is 2.20. The topological polar surface area (TPSA) is 26.3 Å². The molecule has 0 saturated carbocycles. The smallest absolute Gasteiger partial charge is 0.162 e. The highest BCUT2D eigenvalue weighted by molar-refractivity contribution is 5.97. The van der Waals surface area contributed by atoms with Gasteiger partial charge in [0.05, 0.1) is 6.10 Å². The third kappa shape index (κ3) is 2.16. The summed E-state index contributed by atoms with van der Waals surface area (Å²) in [6.45, 7) is 4.38. The van der Waals surface area contributed by atoms with E-state index in [4.69, 9.17) is 4.74 Å². The molecule has 0 unspecified atom stereocenters. The summed E-state index contributed by atoms with van der Waals surface area (Å²) in [5.41, 5.74) is 1.04. The van der Waals surface area contributed by atoms with Crippen LogP contribution in [0.1, 0.15) is 58.8 Å². The zero-order valence-corrected chi connectivity index (χ0v) is 10.4. The van der Waals surface area contributed by atoms with E-state index in [0.29, 0.717) is 17.8 Å². The van der Waals surface area contributed by atoms with Crippen LogP contribution in [0.2, 0.25) is 0 Å². The molecule has 2 rings (SSSR count). The molecule has 16 heavy (non-hydrogen) atoms. The van der Waals surface area contributed by atoms with E-state index in [1.165, 1.54) is 0 Å². The summed E-state index contributed by atoms with van der Waals surface area (Å²) < 4.78 is 5.99. The van der Waals surface area contributed by atoms with E-state index in [9.17, 15) is 4.79 Å². The normalized spacial score (nSPS) is 30.0. The zero-order chi connectivity index (χ0) is 11.5. The molecule has 1 heterocycles. The molecule has 0 spiro atoms. The van der Waals surface area contributed by atoms with Gasteiger partial charge in [-0.25, -0.2) is 0 Å². The molecule has 0 bridgehead atoms. The molecule has 1 aliphatic heterocycles. The molecule has 2 heteroatoms. The van der Waals surface area contributed by atoms with Crippen LogP contribution < -0.4 is 0 Å². The van der Waals surface area contributed by atoms with E-state index in [1.54, 1.807) is 0 Å². The predicted octanol–water partition coefficient (Wildman–Crippen LogP) is 3.61. The Morgan fingerprint density at radius 1 is 1.31 bits per heavy atom. The van der Waals surface area contributed by atoms with Crippen molar-refractivity contribution in [2.45, 2.75) is 64.9 Å². The van der Waals surface area contributed by atoms with Gasteiger partial charge in [-0.2, -0.15) is 0 Å². The number of allylic oxidation sites excluding steroid dienone is 2. The molecule has 2 atom stereocenters. The van der Waals surface area contributed by atoms with Crippen LogP contribution in [0.5, 0.6) is 0 Å². The minimum absolute atomic E-state index is 0.350. The maximum atomic E-state index is 11.9. The van der Waals surface area contributed by atoms with Crippen molar-refractivity contribution >= 4 is 5.78 Å². The van der Waals surface area contributed by atoms with Gasteiger partial charge in [-0.1, -0.05) is 20.3 Å². The lowest BCUT2D eigenvalue weighted by Crippen LogP contribution is -2.31. The van der Waals surface area contributed by atoms with Crippen molar-refractivity contribution in [3.63, 3.8) is 0 Å². The summed E-state index contributed by atoms with van der Waals surface area (Å²) in [6, 6.07) is 0. The van der Waals surface area contributed by atoms with Gasteiger partial charge in [0.2, 0.25) is 0 Å². The highest BCUT2D eigenvalue weighted by Crippen LogP contribution is 2.38. The number of ketones is 1. The van der Waals surface area contributed by atoms with Crippen LogP contribution >= 0.6 is 0 Å². The lowest BCUT2D eigenvalue weighted by molar-refractivity contribution is -0.118. The third-order valence-corrected chi connectivity index (χ3v) is 3.78. The Hall–Kier alpha value is -0.790. The van der Waals surface area contributed by atoms with E-state index in [1.807, 2.05) is 0 Å². The Bertz CT molecular complexity index is 304. The summed E-state index contributed by atoms with van der Waals surface area (Å²) >= 11 is 0. The standard InChI is InChI=1S/C14H22O2/c1-3-6-11-9-10(4-2)14-12(15)7-5-8-13(14)16-11/h10-11H,3-9H2,1-2H3/t10-,11+/m1/s1. The lowest BCUT2D eigenvalue weighted by Gasteiger charge is -2.35. The van der Waals surface area contributed by atoms with Crippen LogP contribution in [-0.4, -0.2) is 11.9 Å². The average molecular weight is 222 g/mol. The van der Waals surface area contributed by atoms with Gasteiger partial charge in [-0.3, -0.25) is 4.79 Å². The summed E-state index contributed by atoms with van der Waals surface area (Å²) in [5, 5.41) is 0. The van der Waals surface area contributed by atoms with Gasteiger partial charge in [0.25, 0.3) is 0 Å². The van der Waals surface area contributed by atoms with Gasteiger partial charge < -0.3 is 4.74 Å². The highest BCUT2D eigenvalue weighted by Gasteiger charge is 2.34. The molecular formula is C14H22O2. The molecule has 0 aromatic heterocycles. The Kier molecular flexibility index (Phi) is 3.67. The number of carbonyl (C=O) groups excluding carboxylic acids is 1. The van der Waals surface area contributed by atoms with Gasteiger partial charge in [0, 0.05) is 18.4 Å². The molecule has 0 fully saturated rings. The lowest BCUT2D eigenvalue weighted by atomic mass is 9.80. The Labute approximate surface area is 98.1 Å². The minimum Gasteiger partial charge on any atom is -0.494 e. The van der Waals surface area contributed by atoms with Crippen LogP contribution in [0.4, 0.5) is 0 Å². The Morgan fingerprint density at radius 2 is 2.12 bits per heavy atom. The monoisotopic (exact) mass is 222 g/mol. The van der Waals surface area contributed by atoms with Gasteiger partial charge >= 0.3 is 0 Å². The molecule has 90 valence electrons. The molecule has 0 radical (unpaired) electrons. The molecule has 0 aromatic rings. The van der Waals surface area contributed by atoms with Crippen LogP contribution in [0.25, 0.3) is 0 Å². The number of hydrogen-bond donors (Lipinski definition) is 0. The largest absolute Gasteiger partial charge is 0.494 e. The number of rotatable bonds is 3. The molecule has 1 aliphatic carbocycles. The quantitative estimate of drug-likeness (QED) is 0.729. The SMILES string of the molecule is CCC[C@H]1C[C@@H](CC)C2=C(CCCC2=O)O1. The summed E-state index contributed by atoms with van der Waals surface area (Å²) in [4.78, 5) is 11.9.